The molecule has 27 heavy (non-hydrogen) atoms. The Hall–Kier alpha value is -2.31. The second-order valence-electron chi connectivity index (χ2n) is 8.60. The summed E-state index contributed by atoms with van der Waals surface area (Å²) in [4.78, 5) is 12.0. The van der Waals surface area contributed by atoms with E-state index in [0.717, 1.165) is 29.1 Å². The Labute approximate surface area is 162 Å². The number of benzene rings is 1. The van der Waals surface area contributed by atoms with Crippen molar-refractivity contribution in [1.29, 1.82) is 0 Å². The van der Waals surface area contributed by atoms with Crippen LogP contribution < -0.4 is 5.32 Å². The van der Waals surface area contributed by atoms with E-state index < -0.39 is 0 Å². The minimum absolute atomic E-state index is 0.0320. The van der Waals surface area contributed by atoms with Gasteiger partial charge in [-0.2, -0.15) is 0 Å². The summed E-state index contributed by atoms with van der Waals surface area (Å²) in [6, 6.07) is 10.4. The Kier molecular flexibility index (Phi) is 3.49. The Morgan fingerprint density at radius 3 is 2.70 bits per heavy atom. The van der Waals surface area contributed by atoms with Gasteiger partial charge in [-0.1, -0.05) is 30.3 Å². The predicted octanol–water partition coefficient (Wildman–Crippen LogP) is 4.09. The van der Waals surface area contributed by atoms with E-state index in [0.29, 0.717) is 0 Å². The van der Waals surface area contributed by atoms with Crippen LogP contribution in [0.5, 0.6) is 0 Å². The minimum Gasteiger partial charge on any atom is -0.302 e. The number of hydrogen-bond donors (Lipinski definition) is 1. The summed E-state index contributed by atoms with van der Waals surface area (Å²) in [7, 11) is 0. The van der Waals surface area contributed by atoms with Gasteiger partial charge in [0, 0.05) is 22.4 Å². The maximum atomic E-state index is 4.91. The number of nitrogens with one attached hydrogen (secondary N) is 1. The molecule has 0 amide bonds. The number of rotatable bonds is 2. The highest BCUT2D eigenvalue weighted by molar-refractivity contribution is 7.19. The molecule has 0 spiro atoms. The monoisotopic (exact) mass is 377 g/mol. The third kappa shape index (κ3) is 2.75. The molecule has 0 unspecified atom stereocenters. The van der Waals surface area contributed by atoms with E-state index in [1.54, 1.807) is 17.7 Å². The van der Waals surface area contributed by atoms with Gasteiger partial charge in [-0.15, -0.1) is 16.4 Å². The third-order valence-corrected chi connectivity index (χ3v) is 6.68. The molecule has 6 heteroatoms. The van der Waals surface area contributed by atoms with Gasteiger partial charge in [-0.3, -0.25) is 0 Å². The van der Waals surface area contributed by atoms with Crippen LogP contribution in [0, 0.1) is 0 Å². The smallest absolute Gasteiger partial charge is 0.167 e. The normalized spacial score (nSPS) is 18.1. The molecule has 1 aromatic carbocycles. The molecule has 138 valence electrons. The molecule has 0 bridgehead atoms. The van der Waals surface area contributed by atoms with E-state index in [1.165, 1.54) is 21.4 Å². The zero-order valence-corrected chi connectivity index (χ0v) is 16.9. The molecule has 4 heterocycles. The first-order chi connectivity index (χ1) is 12.8. The number of aromatic nitrogens is 4. The van der Waals surface area contributed by atoms with Crippen LogP contribution in [0.1, 0.15) is 49.5 Å². The van der Waals surface area contributed by atoms with Crippen molar-refractivity contribution in [2.45, 2.75) is 51.6 Å². The molecule has 0 saturated heterocycles. The third-order valence-electron chi connectivity index (χ3n) is 5.21. The Balaban J connectivity index is 1.70. The van der Waals surface area contributed by atoms with Crippen LogP contribution >= 0.6 is 11.3 Å². The highest BCUT2D eigenvalue weighted by Gasteiger charge is 2.39. The molecule has 0 radical (unpaired) electrons. The fraction of sp³-hybridized carbons (Fsp3) is 0.381. The molecule has 1 N–H and O–H groups in total. The lowest BCUT2D eigenvalue weighted by Crippen LogP contribution is -2.54. The SMILES string of the molecule is CC1(C)Cc2c(sc3ncn4nc(Cc5ccccc5)nc4c23)C(C)(C)N1. The lowest BCUT2D eigenvalue weighted by atomic mass is 9.82. The second-order valence-corrected chi connectivity index (χ2v) is 9.60. The van der Waals surface area contributed by atoms with Crippen LogP contribution in [0.2, 0.25) is 0 Å². The summed E-state index contributed by atoms with van der Waals surface area (Å²) >= 11 is 1.78. The first-order valence-corrected chi connectivity index (χ1v) is 10.1. The van der Waals surface area contributed by atoms with E-state index in [1.807, 2.05) is 10.6 Å². The topological polar surface area (TPSA) is 55.1 Å². The van der Waals surface area contributed by atoms with Gasteiger partial charge in [-0.05, 0) is 45.2 Å². The number of hydrogen-bond acceptors (Lipinski definition) is 5. The van der Waals surface area contributed by atoms with Crippen molar-refractivity contribution < 1.29 is 0 Å². The summed E-state index contributed by atoms with van der Waals surface area (Å²) in [6.07, 6.45) is 3.50. The Morgan fingerprint density at radius 1 is 1.15 bits per heavy atom. The summed E-state index contributed by atoms with van der Waals surface area (Å²) < 4.78 is 1.84. The highest BCUT2D eigenvalue weighted by atomic mass is 32.1. The highest BCUT2D eigenvalue weighted by Crippen LogP contribution is 2.44. The van der Waals surface area contributed by atoms with Crippen molar-refractivity contribution >= 4 is 27.2 Å². The van der Waals surface area contributed by atoms with Crippen LogP contribution in [0.15, 0.2) is 36.7 Å². The van der Waals surface area contributed by atoms with Gasteiger partial charge in [-0.25, -0.2) is 14.5 Å². The molecular weight excluding hydrogens is 354 g/mol. The molecule has 0 fully saturated rings. The van der Waals surface area contributed by atoms with Crippen molar-refractivity contribution in [2.75, 3.05) is 0 Å². The van der Waals surface area contributed by atoms with Gasteiger partial charge in [0.2, 0.25) is 0 Å². The van der Waals surface area contributed by atoms with E-state index in [4.69, 9.17) is 15.1 Å². The quantitative estimate of drug-likeness (QED) is 0.572. The lowest BCUT2D eigenvalue weighted by molar-refractivity contribution is 0.248. The fourth-order valence-corrected chi connectivity index (χ4v) is 5.63. The maximum absolute atomic E-state index is 4.91. The molecule has 4 aromatic rings. The zero-order valence-electron chi connectivity index (χ0n) is 16.1. The molecule has 0 aliphatic carbocycles. The van der Waals surface area contributed by atoms with Crippen molar-refractivity contribution in [3.05, 3.63) is 58.5 Å². The molecule has 0 saturated carbocycles. The van der Waals surface area contributed by atoms with E-state index >= 15 is 0 Å². The van der Waals surface area contributed by atoms with Gasteiger partial charge in [0.1, 0.15) is 11.2 Å². The van der Waals surface area contributed by atoms with Gasteiger partial charge in [0.05, 0.1) is 5.39 Å². The van der Waals surface area contributed by atoms with Gasteiger partial charge < -0.3 is 5.32 Å². The van der Waals surface area contributed by atoms with E-state index in [-0.39, 0.29) is 11.1 Å². The van der Waals surface area contributed by atoms with Crippen LogP contribution in [0.4, 0.5) is 0 Å². The second kappa shape index (κ2) is 5.59. The van der Waals surface area contributed by atoms with Gasteiger partial charge in [0.25, 0.3) is 0 Å². The van der Waals surface area contributed by atoms with Crippen molar-refractivity contribution in [1.82, 2.24) is 24.9 Å². The zero-order chi connectivity index (χ0) is 18.8. The van der Waals surface area contributed by atoms with Crippen LogP contribution in [0.25, 0.3) is 15.9 Å². The fourth-order valence-electron chi connectivity index (χ4n) is 4.41. The molecule has 0 atom stereocenters. The standard InChI is InChI=1S/C21H23N5S/c1-20(2)11-14-16-18-23-15(10-13-8-6-5-7-9-13)24-26(18)12-22-19(16)27-17(14)21(3,4)25-20/h5-9,12,25H,10-11H2,1-4H3. The average molecular weight is 378 g/mol. The van der Waals surface area contributed by atoms with Gasteiger partial charge >= 0.3 is 0 Å². The van der Waals surface area contributed by atoms with Crippen molar-refractivity contribution in [3.63, 3.8) is 0 Å². The predicted molar refractivity (Wildman–Crippen MR) is 109 cm³/mol. The van der Waals surface area contributed by atoms with Crippen LogP contribution in [-0.2, 0) is 18.4 Å². The van der Waals surface area contributed by atoms with Crippen molar-refractivity contribution in [2.24, 2.45) is 0 Å². The molecule has 5 rings (SSSR count). The van der Waals surface area contributed by atoms with Crippen LogP contribution in [-0.4, -0.2) is 25.1 Å². The molecule has 3 aromatic heterocycles. The molecule has 1 aliphatic heterocycles. The maximum Gasteiger partial charge on any atom is 0.167 e. The largest absolute Gasteiger partial charge is 0.302 e. The lowest BCUT2D eigenvalue weighted by Gasteiger charge is -2.42. The summed E-state index contributed by atoms with van der Waals surface area (Å²) in [5.74, 6) is 0.836. The molecular formula is C21H23N5S. The summed E-state index contributed by atoms with van der Waals surface area (Å²) in [6.45, 7) is 9.03. The molecule has 1 aliphatic rings. The van der Waals surface area contributed by atoms with Gasteiger partial charge in [0.15, 0.2) is 11.5 Å². The number of thiophene rings is 1. The summed E-state index contributed by atoms with van der Waals surface area (Å²) in [5, 5.41) is 9.64. The number of nitrogens with zero attached hydrogens (tertiary/aromatic N) is 4. The van der Waals surface area contributed by atoms with Crippen LogP contribution in [0.3, 0.4) is 0 Å². The first kappa shape index (κ1) is 16.8. The van der Waals surface area contributed by atoms with Crippen molar-refractivity contribution in [3.8, 4) is 0 Å². The van der Waals surface area contributed by atoms with E-state index in [9.17, 15) is 0 Å². The average Bonchev–Trinajstić information content (AvgIpc) is 3.15. The van der Waals surface area contributed by atoms with E-state index in [2.05, 4.69) is 57.3 Å². The molecule has 5 nitrogen and oxygen atoms in total. The Morgan fingerprint density at radius 2 is 1.93 bits per heavy atom. The first-order valence-electron chi connectivity index (χ1n) is 9.32. The number of fused-ring (bicyclic) bond motifs is 5. The summed E-state index contributed by atoms with van der Waals surface area (Å²) in [5.41, 5.74) is 3.48. The Bertz CT molecular complexity index is 1150. The minimum atomic E-state index is -0.0771.